The molecule has 0 atom stereocenters. The van der Waals surface area contributed by atoms with Gasteiger partial charge >= 0.3 is 0 Å². The molecule has 0 saturated carbocycles. The molecule has 0 saturated heterocycles. The van der Waals surface area contributed by atoms with E-state index in [4.69, 9.17) is 9.47 Å². The molecule has 3 nitrogen and oxygen atoms in total. The van der Waals surface area contributed by atoms with Gasteiger partial charge in [0, 0.05) is 29.8 Å². The van der Waals surface area contributed by atoms with Gasteiger partial charge in [-0.3, -0.25) is 0 Å². The van der Waals surface area contributed by atoms with Gasteiger partial charge in [-0.05, 0) is 19.9 Å². The van der Waals surface area contributed by atoms with Crippen LogP contribution in [0.25, 0.3) is 10.9 Å². The van der Waals surface area contributed by atoms with Crippen molar-refractivity contribution in [3.63, 3.8) is 0 Å². The monoisotopic (exact) mass is 219 g/mol. The first-order valence-electron chi connectivity index (χ1n) is 5.27. The third-order valence-corrected chi connectivity index (χ3v) is 3.17. The number of hydrogen-bond donors (Lipinski definition) is 0. The molecule has 3 heteroatoms. The number of benzene rings is 1. The predicted molar refractivity (Wildman–Crippen MR) is 65.5 cm³/mol. The minimum absolute atomic E-state index is 0.866. The zero-order valence-corrected chi connectivity index (χ0v) is 10.4. The third-order valence-electron chi connectivity index (χ3n) is 3.17. The fourth-order valence-electron chi connectivity index (χ4n) is 2.13. The quantitative estimate of drug-likeness (QED) is 0.775. The van der Waals surface area contributed by atoms with Gasteiger partial charge in [-0.15, -0.1) is 0 Å². The summed E-state index contributed by atoms with van der Waals surface area (Å²) in [6.07, 6.45) is 0. The van der Waals surface area contributed by atoms with Crippen LogP contribution in [-0.4, -0.2) is 18.8 Å². The van der Waals surface area contributed by atoms with E-state index in [-0.39, 0.29) is 0 Å². The lowest BCUT2D eigenvalue weighted by atomic mass is 10.1. The molecule has 0 amide bonds. The highest BCUT2D eigenvalue weighted by Gasteiger charge is 2.14. The van der Waals surface area contributed by atoms with E-state index < -0.39 is 0 Å². The highest BCUT2D eigenvalue weighted by Crippen LogP contribution is 2.37. The number of methoxy groups -OCH3 is 2. The maximum absolute atomic E-state index is 5.48. The van der Waals surface area contributed by atoms with Crippen LogP contribution in [0.2, 0.25) is 0 Å². The summed E-state index contributed by atoms with van der Waals surface area (Å²) in [5, 5.41) is 1.14. The highest BCUT2D eigenvalue weighted by molar-refractivity contribution is 5.90. The Kier molecular flexibility index (Phi) is 2.54. The lowest BCUT2D eigenvalue weighted by Gasteiger charge is -2.11. The van der Waals surface area contributed by atoms with E-state index >= 15 is 0 Å². The van der Waals surface area contributed by atoms with Crippen molar-refractivity contribution in [2.24, 2.45) is 7.05 Å². The Morgan fingerprint density at radius 3 is 2.31 bits per heavy atom. The second-order valence-electron chi connectivity index (χ2n) is 4.01. The molecule has 1 aromatic carbocycles. The summed E-state index contributed by atoms with van der Waals surface area (Å²) >= 11 is 0. The number of nitrogens with zero attached hydrogens (tertiary/aromatic N) is 1. The van der Waals surface area contributed by atoms with Gasteiger partial charge in [0.15, 0.2) is 0 Å². The zero-order valence-electron chi connectivity index (χ0n) is 10.4. The topological polar surface area (TPSA) is 23.4 Å². The molecule has 0 fully saturated rings. The molecule has 0 aliphatic heterocycles. The van der Waals surface area contributed by atoms with Crippen LogP contribution in [-0.2, 0) is 7.05 Å². The first kappa shape index (κ1) is 10.9. The molecule has 86 valence electrons. The van der Waals surface area contributed by atoms with Crippen LogP contribution in [0.3, 0.4) is 0 Å². The summed E-state index contributed by atoms with van der Waals surface area (Å²) in [5.41, 5.74) is 3.39. The average Bonchev–Trinajstić information content (AvgIpc) is 2.55. The number of rotatable bonds is 2. The molecular weight excluding hydrogens is 202 g/mol. The molecule has 0 radical (unpaired) electrons. The Morgan fingerprint density at radius 2 is 1.75 bits per heavy atom. The molecule has 0 unspecified atom stereocenters. The van der Waals surface area contributed by atoms with Crippen molar-refractivity contribution < 1.29 is 9.47 Å². The molecule has 2 rings (SSSR count). The van der Waals surface area contributed by atoms with Gasteiger partial charge in [-0.25, -0.2) is 0 Å². The summed E-state index contributed by atoms with van der Waals surface area (Å²) in [6, 6.07) is 4.20. The van der Waals surface area contributed by atoms with Crippen LogP contribution >= 0.6 is 0 Å². The highest BCUT2D eigenvalue weighted by atomic mass is 16.5. The van der Waals surface area contributed by atoms with Crippen LogP contribution in [0.4, 0.5) is 0 Å². The Hall–Kier alpha value is -1.64. The number of fused-ring (bicyclic) bond motifs is 1. The van der Waals surface area contributed by atoms with Crippen molar-refractivity contribution in [3.8, 4) is 11.5 Å². The number of hydrogen-bond acceptors (Lipinski definition) is 2. The van der Waals surface area contributed by atoms with E-state index in [0.717, 1.165) is 28.0 Å². The number of ether oxygens (including phenoxy) is 2. The third kappa shape index (κ3) is 1.35. The first-order chi connectivity index (χ1) is 7.60. The summed E-state index contributed by atoms with van der Waals surface area (Å²) in [7, 11) is 5.43. The van der Waals surface area contributed by atoms with Crippen LogP contribution in [0.1, 0.15) is 11.3 Å². The van der Waals surface area contributed by atoms with Gasteiger partial charge in [-0.2, -0.15) is 0 Å². The minimum atomic E-state index is 0.866. The van der Waals surface area contributed by atoms with Gasteiger partial charge in [0.25, 0.3) is 0 Å². The Labute approximate surface area is 95.6 Å². The molecule has 1 heterocycles. The smallest absolute Gasteiger partial charge is 0.134 e. The average molecular weight is 219 g/mol. The van der Waals surface area contributed by atoms with E-state index in [0.29, 0.717) is 0 Å². The van der Waals surface area contributed by atoms with E-state index in [1.165, 1.54) is 5.69 Å². The lowest BCUT2D eigenvalue weighted by molar-refractivity contribution is 0.392. The Morgan fingerprint density at radius 1 is 1.06 bits per heavy atom. The summed E-state index contributed by atoms with van der Waals surface area (Å²) in [4.78, 5) is 0. The van der Waals surface area contributed by atoms with Gasteiger partial charge in [0.1, 0.15) is 11.5 Å². The second-order valence-corrected chi connectivity index (χ2v) is 4.01. The minimum Gasteiger partial charge on any atom is -0.496 e. The first-order valence-corrected chi connectivity index (χ1v) is 5.27. The number of aromatic nitrogens is 1. The molecule has 0 N–H and O–H groups in total. The maximum atomic E-state index is 5.48. The number of aryl methyl sites for hydroxylation is 2. The normalized spacial score (nSPS) is 10.8. The van der Waals surface area contributed by atoms with Crippen molar-refractivity contribution in [2.75, 3.05) is 14.2 Å². The van der Waals surface area contributed by atoms with Gasteiger partial charge < -0.3 is 14.0 Å². The Balaban J connectivity index is 2.89. The Bertz CT molecular complexity index is 541. The zero-order chi connectivity index (χ0) is 11.9. The molecule has 0 aliphatic carbocycles. The van der Waals surface area contributed by atoms with Crippen molar-refractivity contribution in [3.05, 3.63) is 23.4 Å². The van der Waals surface area contributed by atoms with Crippen molar-refractivity contribution in [2.45, 2.75) is 13.8 Å². The van der Waals surface area contributed by atoms with E-state index in [2.05, 4.69) is 23.6 Å². The molecule has 0 bridgehead atoms. The van der Waals surface area contributed by atoms with Gasteiger partial charge in [0.05, 0.1) is 19.7 Å². The molecule has 1 aromatic heterocycles. The summed E-state index contributed by atoms with van der Waals surface area (Å²) in [6.45, 7) is 4.10. The summed E-state index contributed by atoms with van der Waals surface area (Å²) in [5.74, 6) is 1.77. The van der Waals surface area contributed by atoms with E-state index in [1.54, 1.807) is 14.2 Å². The van der Waals surface area contributed by atoms with Crippen LogP contribution in [0, 0.1) is 13.8 Å². The predicted octanol–water partition coefficient (Wildman–Crippen LogP) is 2.81. The van der Waals surface area contributed by atoms with Crippen LogP contribution < -0.4 is 9.47 Å². The SMILES string of the molecule is COc1cc2c(cc(C)n2C)c(OC)c1C. The molecular formula is C13H17NO2. The second kappa shape index (κ2) is 3.74. The van der Waals surface area contributed by atoms with Gasteiger partial charge in [0.2, 0.25) is 0 Å². The fourth-order valence-corrected chi connectivity index (χ4v) is 2.13. The largest absolute Gasteiger partial charge is 0.496 e. The van der Waals surface area contributed by atoms with E-state index in [9.17, 15) is 0 Å². The molecule has 16 heavy (non-hydrogen) atoms. The summed E-state index contributed by atoms with van der Waals surface area (Å²) < 4.78 is 13.0. The lowest BCUT2D eigenvalue weighted by Crippen LogP contribution is -1.95. The fraction of sp³-hybridized carbons (Fsp3) is 0.385. The molecule has 2 aromatic rings. The van der Waals surface area contributed by atoms with Crippen molar-refractivity contribution >= 4 is 10.9 Å². The van der Waals surface area contributed by atoms with Crippen molar-refractivity contribution in [1.82, 2.24) is 4.57 Å². The molecule has 0 aliphatic rings. The van der Waals surface area contributed by atoms with Gasteiger partial charge in [-0.1, -0.05) is 0 Å². The van der Waals surface area contributed by atoms with Crippen LogP contribution in [0.5, 0.6) is 11.5 Å². The standard InChI is InChI=1S/C13H17NO2/c1-8-6-10-11(14(8)3)7-12(15-4)9(2)13(10)16-5/h6-7H,1-5H3. The van der Waals surface area contributed by atoms with Crippen LogP contribution in [0.15, 0.2) is 12.1 Å². The van der Waals surface area contributed by atoms with Crippen molar-refractivity contribution in [1.29, 1.82) is 0 Å². The maximum Gasteiger partial charge on any atom is 0.134 e. The molecule has 0 spiro atoms. The van der Waals surface area contributed by atoms with E-state index in [1.807, 2.05) is 14.0 Å².